The normalized spacial score (nSPS) is 20.4. The number of hydrogen-bond acceptors (Lipinski definition) is 4. The van der Waals surface area contributed by atoms with Gasteiger partial charge in [-0.2, -0.15) is 0 Å². The summed E-state index contributed by atoms with van der Waals surface area (Å²) in [6.07, 6.45) is 2.33. The molecule has 0 spiro atoms. The molecule has 2 rings (SSSR count). The van der Waals surface area contributed by atoms with Crippen LogP contribution < -0.4 is 5.32 Å². The first-order valence-corrected chi connectivity index (χ1v) is 6.33. The highest BCUT2D eigenvalue weighted by Crippen LogP contribution is 2.20. The number of rotatable bonds is 3. The van der Waals surface area contributed by atoms with Crippen LogP contribution in [0, 0.1) is 0 Å². The molecule has 0 bridgehead atoms. The van der Waals surface area contributed by atoms with Crippen molar-refractivity contribution in [1.82, 2.24) is 4.90 Å². The van der Waals surface area contributed by atoms with Crippen molar-refractivity contribution in [2.24, 2.45) is 0 Å². The second-order valence-corrected chi connectivity index (χ2v) is 4.78. The minimum absolute atomic E-state index is 0.290. The van der Waals surface area contributed by atoms with Crippen LogP contribution >= 0.6 is 0 Å². The number of anilines is 1. The van der Waals surface area contributed by atoms with Crippen LogP contribution in [0.1, 0.15) is 23.2 Å². The van der Waals surface area contributed by atoms with E-state index < -0.39 is 0 Å². The fourth-order valence-electron chi connectivity index (χ4n) is 2.40. The molecule has 1 N–H and O–H groups in total. The van der Waals surface area contributed by atoms with Gasteiger partial charge >= 0.3 is 5.97 Å². The second-order valence-electron chi connectivity index (χ2n) is 4.78. The van der Waals surface area contributed by atoms with Crippen LogP contribution in [-0.4, -0.2) is 44.2 Å². The van der Waals surface area contributed by atoms with Crippen molar-refractivity contribution >= 4 is 11.7 Å². The molecule has 1 fully saturated rings. The number of hydrogen-bond donors (Lipinski definition) is 1. The van der Waals surface area contributed by atoms with Gasteiger partial charge in [0, 0.05) is 18.3 Å². The van der Waals surface area contributed by atoms with E-state index in [4.69, 9.17) is 4.74 Å². The number of carbonyl (C=O) groups is 1. The summed E-state index contributed by atoms with van der Waals surface area (Å²) in [5, 5.41) is 3.45. The van der Waals surface area contributed by atoms with Gasteiger partial charge < -0.3 is 15.0 Å². The Morgan fingerprint density at radius 3 is 2.94 bits per heavy atom. The van der Waals surface area contributed by atoms with Crippen molar-refractivity contribution in [3.05, 3.63) is 29.8 Å². The fourth-order valence-corrected chi connectivity index (χ4v) is 2.40. The number of ether oxygens (including phenoxy) is 1. The largest absolute Gasteiger partial charge is 0.465 e. The second kappa shape index (κ2) is 5.87. The Morgan fingerprint density at radius 1 is 1.44 bits per heavy atom. The summed E-state index contributed by atoms with van der Waals surface area (Å²) in [6, 6.07) is 7.90. The highest BCUT2D eigenvalue weighted by Gasteiger charge is 2.19. The number of carbonyl (C=O) groups excluding carboxylic acids is 1. The molecule has 1 aliphatic rings. The smallest absolute Gasteiger partial charge is 0.339 e. The maximum Gasteiger partial charge on any atom is 0.339 e. The zero-order valence-corrected chi connectivity index (χ0v) is 11.0. The predicted octanol–water partition coefficient (Wildman–Crippen LogP) is 1.98. The lowest BCUT2D eigenvalue weighted by Crippen LogP contribution is -2.40. The van der Waals surface area contributed by atoms with E-state index in [1.165, 1.54) is 13.5 Å². The standard InChI is InChI=1S/C14H20N2O2/c1-16-9-5-6-11(10-16)15-13-8-4-3-7-12(13)14(17)18-2/h3-4,7-8,11,15H,5-6,9-10H2,1-2H3. The van der Waals surface area contributed by atoms with Crippen molar-refractivity contribution in [2.45, 2.75) is 18.9 Å². The maximum absolute atomic E-state index is 11.7. The molecule has 1 saturated heterocycles. The summed E-state index contributed by atoms with van der Waals surface area (Å²) < 4.78 is 4.80. The van der Waals surface area contributed by atoms with E-state index in [1.807, 2.05) is 18.2 Å². The molecule has 1 unspecified atom stereocenters. The first-order valence-electron chi connectivity index (χ1n) is 6.33. The van der Waals surface area contributed by atoms with E-state index >= 15 is 0 Å². The first kappa shape index (κ1) is 12.9. The van der Waals surface area contributed by atoms with Gasteiger partial charge in [0.15, 0.2) is 0 Å². The minimum atomic E-state index is -0.290. The van der Waals surface area contributed by atoms with Gasteiger partial charge in [0.25, 0.3) is 0 Å². The van der Waals surface area contributed by atoms with Gasteiger partial charge in [0.05, 0.1) is 12.7 Å². The molecule has 0 aromatic heterocycles. The molecule has 0 saturated carbocycles. The van der Waals surface area contributed by atoms with Crippen LogP contribution in [0.25, 0.3) is 0 Å². The highest BCUT2D eigenvalue weighted by molar-refractivity contribution is 5.95. The highest BCUT2D eigenvalue weighted by atomic mass is 16.5. The third-order valence-electron chi connectivity index (χ3n) is 3.32. The van der Waals surface area contributed by atoms with Crippen molar-refractivity contribution in [1.29, 1.82) is 0 Å². The number of nitrogens with one attached hydrogen (secondary N) is 1. The van der Waals surface area contributed by atoms with Crippen LogP contribution in [0.2, 0.25) is 0 Å². The molecule has 1 aromatic rings. The number of benzene rings is 1. The number of likely N-dealkylation sites (tertiary alicyclic amines) is 1. The molecule has 1 aliphatic heterocycles. The van der Waals surface area contributed by atoms with Crippen molar-refractivity contribution in [2.75, 3.05) is 32.6 Å². The molecular weight excluding hydrogens is 228 g/mol. The van der Waals surface area contributed by atoms with E-state index in [0.29, 0.717) is 11.6 Å². The summed E-state index contributed by atoms with van der Waals surface area (Å²) in [4.78, 5) is 14.0. The van der Waals surface area contributed by atoms with Crippen LogP contribution in [0.15, 0.2) is 24.3 Å². The third kappa shape index (κ3) is 3.01. The molecule has 0 aliphatic carbocycles. The van der Waals surface area contributed by atoms with Gasteiger partial charge in [-0.25, -0.2) is 4.79 Å². The molecular formula is C14H20N2O2. The Labute approximate surface area is 108 Å². The molecule has 1 heterocycles. The number of methoxy groups -OCH3 is 1. The topological polar surface area (TPSA) is 41.6 Å². The van der Waals surface area contributed by atoms with Gasteiger partial charge in [0.1, 0.15) is 0 Å². The van der Waals surface area contributed by atoms with Crippen LogP contribution in [0.5, 0.6) is 0 Å². The molecule has 18 heavy (non-hydrogen) atoms. The molecule has 4 heteroatoms. The SMILES string of the molecule is COC(=O)c1ccccc1NC1CCCN(C)C1. The summed E-state index contributed by atoms with van der Waals surface area (Å²) in [5.74, 6) is -0.290. The molecule has 4 nitrogen and oxygen atoms in total. The Balaban J connectivity index is 2.10. The Bertz CT molecular complexity index is 420. The maximum atomic E-state index is 11.7. The molecule has 1 aromatic carbocycles. The van der Waals surface area contributed by atoms with Crippen LogP contribution in [0.4, 0.5) is 5.69 Å². The monoisotopic (exact) mass is 248 g/mol. The molecule has 1 atom stereocenters. The summed E-state index contributed by atoms with van der Waals surface area (Å²) in [5.41, 5.74) is 1.47. The average Bonchev–Trinajstić information content (AvgIpc) is 2.38. The lowest BCUT2D eigenvalue weighted by atomic mass is 10.0. The van der Waals surface area contributed by atoms with Gasteiger partial charge in [-0.15, -0.1) is 0 Å². The molecule has 98 valence electrons. The number of esters is 1. The summed E-state index contributed by atoms with van der Waals surface area (Å²) in [6.45, 7) is 2.16. The van der Waals surface area contributed by atoms with Crippen molar-refractivity contribution in [3.8, 4) is 0 Å². The average molecular weight is 248 g/mol. The lowest BCUT2D eigenvalue weighted by molar-refractivity contribution is 0.0601. The van der Waals surface area contributed by atoms with Gasteiger partial charge in [-0.1, -0.05) is 12.1 Å². The Morgan fingerprint density at radius 2 is 2.22 bits per heavy atom. The molecule has 0 amide bonds. The van der Waals surface area contributed by atoms with E-state index in [0.717, 1.165) is 25.2 Å². The van der Waals surface area contributed by atoms with E-state index in [1.54, 1.807) is 6.07 Å². The fraction of sp³-hybridized carbons (Fsp3) is 0.500. The minimum Gasteiger partial charge on any atom is -0.465 e. The summed E-state index contributed by atoms with van der Waals surface area (Å²) in [7, 11) is 3.54. The van der Waals surface area contributed by atoms with Gasteiger partial charge in [0.2, 0.25) is 0 Å². The van der Waals surface area contributed by atoms with Gasteiger partial charge in [-0.05, 0) is 38.6 Å². The number of piperidine rings is 1. The molecule has 0 radical (unpaired) electrons. The quantitative estimate of drug-likeness (QED) is 0.830. The van der Waals surface area contributed by atoms with Crippen molar-refractivity contribution in [3.63, 3.8) is 0 Å². The van der Waals surface area contributed by atoms with E-state index in [-0.39, 0.29) is 5.97 Å². The number of para-hydroxylation sites is 1. The van der Waals surface area contributed by atoms with Gasteiger partial charge in [-0.3, -0.25) is 0 Å². The number of nitrogens with zero attached hydrogens (tertiary/aromatic N) is 1. The zero-order chi connectivity index (χ0) is 13.0. The zero-order valence-electron chi connectivity index (χ0n) is 11.0. The lowest BCUT2D eigenvalue weighted by Gasteiger charge is -2.31. The van der Waals surface area contributed by atoms with Crippen LogP contribution in [0.3, 0.4) is 0 Å². The van der Waals surface area contributed by atoms with Crippen molar-refractivity contribution < 1.29 is 9.53 Å². The Kier molecular flexibility index (Phi) is 4.20. The Hall–Kier alpha value is -1.55. The number of likely N-dealkylation sites (N-methyl/N-ethyl adjacent to an activating group) is 1. The van der Waals surface area contributed by atoms with E-state index in [2.05, 4.69) is 17.3 Å². The summed E-state index contributed by atoms with van der Waals surface area (Å²) >= 11 is 0. The van der Waals surface area contributed by atoms with Crippen LogP contribution in [-0.2, 0) is 4.74 Å². The first-order chi connectivity index (χ1) is 8.70. The predicted molar refractivity (Wildman–Crippen MR) is 71.9 cm³/mol. The third-order valence-corrected chi connectivity index (χ3v) is 3.32. The van der Waals surface area contributed by atoms with E-state index in [9.17, 15) is 4.79 Å².